The predicted octanol–water partition coefficient (Wildman–Crippen LogP) is 6.56. The lowest BCUT2D eigenvalue weighted by Gasteiger charge is -2.39. The molecule has 1 aromatic heterocycles. The highest BCUT2D eigenvalue weighted by atomic mass is 35.5. The van der Waals surface area contributed by atoms with Crippen LogP contribution in [-0.4, -0.2) is 46.6 Å². The number of likely N-dealkylation sites (tertiary alicyclic amines) is 1. The molecule has 0 radical (unpaired) electrons. The fraction of sp³-hybridized carbons (Fsp3) is 0.524. The minimum absolute atomic E-state index is 0.0108. The molecule has 1 fully saturated rings. The van der Waals surface area contributed by atoms with E-state index in [1.165, 1.54) is 4.90 Å². The number of carboxylic acid groups (broad SMARTS) is 1. The van der Waals surface area contributed by atoms with Crippen LogP contribution in [0.15, 0.2) is 30.6 Å². The maximum Gasteiger partial charge on any atom is 0.407 e. The average Bonchev–Trinajstić information content (AvgIpc) is 3.25. The van der Waals surface area contributed by atoms with E-state index in [4.69, 9.17) is 27.6 Å². The monoisotopic (exact) mass is 469 g/mol. The number of carbonyl (C=O) groups is 1. The van der Waals surface area contributed by atoms with Crippen molar-refractivity contribution >= 4 is 48.6 Å². The first-order valence-electron chi connectivity index (χ1n) is 10.1. The van der Waals surface area contributed by atoms with Gasteiger partial charge in [0.2, 0.25) is 0 Å². The molecule has 0 aliphatic carbocycles. The average molecular weight is 470 g/mol. The number of hydrogen-bond donors (Lipinski definition) is 1. The van der Waals surface area contributed by atoms with E-state index in [1.807, 2.05) is 16.7 Å². The van der Waals surface area contributed by atoms with Crippen LogP contribution in [0.1, 0.15) is 39.8 Å². The highest BCUT2D eigenvalue weighted by Crippen LogP contribution is 2.40. The van der Waals surface area contributed by atoms with Crippen molar-refractivity contribution in [3.63, 3.8) is 0 Å². The van der Waals surface area contributed by atoms with Crippen molar-refractivity contribution in [3.8, 4) is 0 Å². The van der Waals surface area contributed by atoms with Crippen LogP contribution in [-0.2, 0) is 4.43 Å². The number of hydrogen-bond acceptors (Lipinski definition) is 3. The third kappa shape index (κ3) is 4.69. The van der Waals surface area contributed by atoms with Crippen LogP contribution in [0.5, 0.6) is 0 Å². The van der Waals surface area contributed by atoms with Gasteiger partial charge in [0, 0.05) is 6.54 Å². The summed E-state index contributed by atoms with van der Waals surface area (Å²) in [7, 11) is -2.14. The lowest BCUT2D eigenvalue weighted by molar-refractivity contribution is 0.145. The Labute approximate surface area is 188 Å². The zero-order valence-electron chi connectivity index (χ0n) is 18.0. The molecule has 30 heavy (non-hydrogen) atoms. The molecule has 9 heteroatoms. The second-order valence-electron chi connectivity index (χ2n) is 9.25. The number of fused-ring (bicyclic) bond motifs is 1. The van der Waals surface area contributed by atoms with Crippen LogP contribution < -0.4 is 0 Å². The third-order valence-corrected chi connectivity index (χ3v) is 11.3. The molecule has 1 N–H and O–H groups in total. The third-order valence-electron chi connectivity index (χ3n) is 6.16. The molecule has 3 rings (SSSR count). The summed E-state index contributed by atoms with van der Waals surface area (Å²) in [4.78, 5) is 17.5. The van der Waals surface area contributed by atoms with Crippen molar-refractivity contribution in [2.45, 2.75) is 64.0 Å². The molecule has 1 aliphatic rings. The van der Waals surface area contributed by atoms with Gasteiger partial charge in [-0.2, -0.15) is 0 Å². The fourth-order valence-electron chi connectivity index (χ4n) is 3.35. The fourth-order valence-corrected chi connectivity index (χ4v) is 4.81. The Morgan fingerprint density at radius 1 is 1.33 bits per heavy atom. The lowest BCUT2D eigenvalue weighted by atomic mass is 10.2. The molecule has 2 atom stereocenters. The Kier molecular flexibility index (Phi) is 6.58. The van der Waals surface area contributed by atoms with Crippen LogP contribution >= 0.6 is 23.2 Å². The number of benzene rings is 1. The van der Waals surface area contributed by atoms with Gasteiger partial charge in [-0.1, -0.05) is 50.0 Å². The van der Waals surface area contributed by atoms with E-state index in [-0.39, 0.29) is 11.1 Å². The molecule has 1 saturated heterocycles. The molecular weight excluding hydrogens is 441 g/mol. The van der Waals surface area contributed by atoms with E-state index in [2.05, 4.69) is 38.8 Å². The van der Waals surface area contributed by atoms with Crippen molar-refractivity contribution in [2.75, 3.05) is 6.54 Å². The van der Waals surface area contributed by atoms with Crippen LogP contribution in [0.2, 0.25) is 28.2 Å². The van der Waals surface area contributed by atoms with Crippen LogP contribution in [0.4, 0.5) is 4.79 Å². The van der Waals surface area contributed by atoms with Crippen molar-refractivity contribution in [1.29, 1.82) is 0 Å². The smallest absolute Gasteiger partial charge is 0.407 e. The molecule has 1 amide bonds. The van der Waals surface area contributed by atoms with Gasteiger partial charge in [-0.05, 0) is 49.2 Å². The number of halogens is 2. The number of aromatic nitrogens is 2. The Hall–Kier alpha value is -1.54. The van der Waals surface area contributed by atoms with E-state index in [0.717, 1.165) is 23.9 Å². The van der Waals surface area contributed by atoms with Gasteiger partial charge in [-0.3, -0.25) is 0 Å². The Bertz CT molecular complexity index is 968. The van der Waals surface area contributed by atoms with Gasteiger partial charge in [-0.15, -0.1) is 0 Å². The molecule has 1 aliphatic heterocycles. The largest absolute Gasteiger partial charge is 0.465 e. The summed E-state index contributed by atoms with van der Waals surface area (Å²) in [5.74, 6) is 0. The topological polar surface area (TPSA) is 67.6 Å². The van der Waals surface area contributed by atoms with E-state index >= 15 is 0 Å². The van der Waals surface area contributed by atoms with Gasteiger partial charge in [0.05, 0.1) is 33.4 Å². The summed E-state index contributed by atoms with van der Waals surface area (Å²) >= 11 is 12.4. The normalized spacial score (nSPS) is 19.2. The second-order valence-corrected chi connectivity index (χ2v) is 14.8. The maximum atomic E-state index is 11.5. The predicted molar refractivity (Wildman–Crippen MR) is 124 cm³/mol. The van der Waals surface area contributed by atoms with E-state index in [9.17, 15) is 9.90 Å². The van der Waals surface area contributed by atoms with Crippen molar-refractivity contribution < 1.29 is 14.3 Å². The molecular formula is C21H29Cl2N3O3Si. The van der Waals surface area contributed by atoms with Gasteiger partial charge >= 0.3 is 6.09 Å². The number of amides is 1. The van der Waals surface area contributed by atoms with Crippen molar-refractivity contribution in [3.05, 3.63) is 40.7 Å². The summed E-state index contributed by atoms with van der Waals surface area (Å²) in [6.07, 6.45) is 5.98. The zero-order chi connectivity index (χ0) is 22.3. The number of rotatable bonds is 5. The SMILES string of the molecule is CC(C)(C)[Si](C)(C)O[C@@H](/C=C/C1CCCN1C(=O)O)n1cnc2cc(Cl)c(Cl)cc21. The highest BCUT2D eigenvalue weighted by Gasteiger charge is 2.39. The van der Waals surface area contributed by atoms with Crippen molar-refractivity contribution in [1.82, 2.24) is 14.5 Å². The molecule has 0 saturated carbocycles. The van der Waals surface area contributed by atoms with Crippen molar-refractivity contribution in [2.24, 2.45) is 0 Å². The van der Waals surface area contributed by atoms with E-state index < -0.39 is 20.6 Å². The standard InChI is InChI=1S/C21H29Cl2N3O3Si/c1-21(2,3)30(4,5)29-19(9-8-14-7-6-10-25(14)20(27)28)26-13-24-17-11-15(22)16(23)12-18(17)26/h8-9,11-14,19H,6-7,10H2,1-5H3,(H,27,28)/b9-8+/t14?,19-/m0/s1. The molecule has 0 bridgehead atoms. The maximum absolute atomic E-state index is 11.5. The summed E-state index contributed by atoms with van der Waals surface area (Å²) in [5.41, 5.74) is 1.55. The molecule has 6 nitrogen and oxygen atoms in total. The summed E-state index contributed by atoms with van der Waals surface area (Å²) in [5, 5.41) is 10.4. The van der Waals surface area contributed by atoms with Gasteiger partial charge in [0.1, 0.15) is 6.23 Å². The van der Waals surface area contributed by atoms with E-state index in [0.29, 0.717) is 16.6 Å². The Balaban J connectivity index is 2.01. The zero-order valence-corrected chi connectivity index (χ0v) is 20.5. The quantitative estimate of drug-likeness (QED) is 0.397. The molecule has 0 spiro atoms. The van der Waals surface area contributed by atoms with Gasteiger partial charge < -0.3 is 19.0 Å². The van der Waals surface area contributed by atoms with Crippen LogP contribution in [0.25, 0.3) is 11.0 Å². The van der Waals surface area contributed by atoms with Crippen LogP contribution in [0, 0.1) is 0 Å². The minimum Gasteiger partial charge on any atom is -0.465 e. The highest BCUT2D eigenvalue weighted by molar-refractivity contribution is 6.74. The Morgan fingerprint density at radius 2 is 2.00 bits per heavy atom. The first-order chi connectivity index (χ1) is 13.9. The summed E-state index contributed by atoms with van der Waals surface area (Å²) < 4.78 is 8.65. The summed E-state index contributed by atoms with van der Waals surface area (Å²) in [6.45, 7) is 11.5. The molecule has 2 heterocycles. The number of nitrogens with zero attached hydrogens (tertiary/aromatic N) is 3. The van der Waals surface area contributed by atoms with Gasteiger partial charge in [0.25, 0.3) is 0 Å². The first kappa shape index (κ1) is 23.1. The second kappa shape index (κ2) is 8.53. The lowest BCUT2D eigenvalue weighted by Crippen LogP contribution is -2.42. The first-order valence-corrected chi connectivity index (χ1v) is 13.7. The molecule has 2 aromatic rings. The van der Waals surface area contributed by atoms with Gasteiger partial charge in [0.15, 0.2) is 8.32 Å². The molecule has 1 unspecified atom stereocenters. The summed E-state index contributed by atoms with van der Waals surface area (Å²) in [6, 6.07) is 3.38. The van der Waals surface area contributed by atoms with Gasteiger partial charge in [-0.25, -0.2) is 9.78 Å². The van der Waals surface area contributed by atoms with E-state index in [1.54, 1.807) is 18.5 Å². The molecule has 164 valence electrons. The Morgan fingerprint density at radius 3 is 2.63 bits per heavy atom. The molecule has 1 aromatic carbocycles. The number of imidazole rings is 1. The minimum atomic E-state index is -2.14. The van der Waals surface area contributed by atoms with Crippen LogP contribution in [0.3, 0.4) is 0 Å².